The first kappa shape index (κ1) is 13.8. The summed E-state index contributed by atoms with van der Waals surface area (Å²) >= 11 is 0. The Labute approximate surface area is 120 Å². The van der Waals surface area contributed by atoms with Gasteiger partial charge in [-0.25, -0.2) is 9.34 Å². The van der Waals surface area contributed by atoms with Gasteiger partial charge in [0.05, 0.1) is 5.66 Å². The SMILES string of the molecule is C[C@H](c1cccc2ccccc12)P1(=O)N(C)CCN1C. The van der Waals surface area contributed by atoms with Gasteiger partial charge in [-0.05, 0) is 37.4 Å². The Balaban J connectivity index is 2.14. The third-order valence-corrected chi connectivity index (χ3v) is 8.15. The van der Waals surface area contributed by atoms with Gasteiger partial charge in [0.25, 0.3) is 0 Å². The minimum absolute atomic E-state index is 0.0195. The molecule has 0 amide bonds. The Morgan fingerprint density at radius 3 is 2.30 bits per heavy atom. The van der Waals surface area contributed by atoms with E-state index in [4.69, 9.17) is 0 Å². The maximum Gasteiger partial charge on any atom is 0.223 e. The Morgan fingerprint density at radius 1 is 1.00 bits per heavy atom. The molecule has 0 aromatic heterocycles. The molecule has 0 saturated carbocycles. The van der Waals surface area contributed by atoms with Crippen molar-refractivity contribution < 1.29 is 4.57 Å². The second-order valence-corrected chi connectivity index (χ2v) is 8.91. The highest BCUT2D eigenvalue weighted by molar-refractivity contribution is 7.59. The average Bonchev–Trinajstić information content (AvgIpc) is 2.74. The fraction of sp³-hybridized carbons (Fsp3) is 0.375. The van der Waals surface area contributed by atoms with Gasteiger partial charge in [0.2, 0.25) is 7.44 Å². The molecule has 3 nitrogen and oxygen atoms in total. The van der Waals surface area contributed by atoms with E-state index in [1.54, 1.807) is 0 Å². The summed E-state index contributed by atoms with van der Waals surface area (Å²) in [6.45, 7) is 3.85. The molecule has 4 heteroatoms. The van der Waals surface area contributed by atoms with Crippen molar-refractivity contribution in [2.24, 2.45) is 0 Å². The lowest BCUT2D eigenvalue weighted by atomic mass is 10.0. The Hall–Kier alpha value is -1.15. The van der Waals surface area contributed by atoms with E-state index in [2.05, 4.69) is 43.3 Å². The van der Waals surface area contributed by atoms with Crippen LogP contribution in [0.15, 0.2) is 42.5 Å². The lowest BCUT2D eigenvalue weighted by molar-refractivity contribution is 0.478. The molecular weight excluding hydrogens is 267 g/mol. The monoisotopic (exact) mass is 288 g/mol. The molecule has 3 rings (SSSR count). The van der Waals surface area contributed by atoms with Crippen LogP contribution in [0, 0.1) is 0 Å². The summed E-state index contributed by atoms with van der Waals surface area (Å²) in [5.74, 6) is 0. The first-order valence-electron chi connectivity index (χ1n) is 7.06. The number of benzene rings is 2. The van der Waals surface area contributed by atoms with E-state index in [0.29, 0.717) is 0 Å². The fourth-order valence-corrected chi connectivity index (χ4v) is 6.27. The van der Waals surface area contributed by atoms with E-state index in [-0.39, 0.29) is 5.66 Å². The van der Waals surface area contributed by atoms with Crippen molar-refractivity contribution in [2.75, 3.05) is 27.2 Å². The Bertz CT molecular complexity index is 666. The van der Waals surface area contributed by atoms with Gasteiger partial charge in [-0.2, -0.15) is 0 Å². The largest absolute Gasteiger partial charge is 0.288 e. The molecule has 106 valence electrons. The minimum Gasteiger partial charge on any atom is -0.288 e. The number of likely N-dealkylation sites (N-methyl/N-ethyl adjacent to an activating group) is 2. The molecule has 1 aliphatic heterocycles. The summed E-state index contributed by atoms with van der Waals surface area (Å²) in [6, 6.07) is 14.6. The summed E-state index contributed by atoms with van der Waals surface area (Å²) in [7, 11) is 1.45. The van der Waals surface area contributed by atoms with Crippen molar-refractivity contribution in [3.8, 4) is 0 Å². The molecule has 20 heavy (non-hydrogen) atoms. The van der Waals surface area contributed by atoms with Crippen LogP contribution in [0.5, 0.6) is 0 Å². The topological polar surface area (TPSA) is 23.6 Å². The molecule has 1 heterocycles. The third-order valence-electron chi connectivity index (χ3n) is 4.50. The summed E-state index contributed by atoms with van der Waals surface area (Å²) in [5, 5.41) is 2.43. The molecule has 1 saturated heterocycles. The molecule has 0 aliphatic carbocycles. The molecule has 1 atom stereocenters. The van der Waals surface area contributed by atoms with Gasteiger partial charge < -0.3 is 0 Å². The van der Waals surface area contributed by atoms with E-state index < -0.39 is 7.44 Å². The van der Waals surface area contributed by atoms with Gasteiger partial charge >= 0.3 is 0 Å². The van der Waals surface area contributed by atoms with E-state index >= 15 is 0 Å². The molecule has 2 aromatic rings. The smallest absolute Gasteiger partial charge is 0.223 e. The van der Waals surface area contributed by atoms with Crippen LogP contribution in [0.2, 0.25) is 0 Å². The predicted octanol–water partition coefficient (Wildman–Crippen LogP) is 3.97. The van der Waals surface area contributed by atoms with Crippen LogP contribution in [0.3, 0.4) is 0 Å². The number of fused-ring (bicyclic) bond motifs is 1. The third kappa shape index (κ3) is 1.93. The van der Waals surface area contributed by atoms with Crippen LogP contribution in [0.25, 0.3) is 10.8 Å². The zero-order valence-electron chi connectivity index (χ0n) is 12.3. The number of nitrogens with zero attached hydrogens (tertiary/aromatic N) is 2. The normalized spacial score (nSPS) is 21.4. The van der Waals surface area contributed by atoms with E-state index in [1.807, 2.05) is 29.5 Å². The van der Waals surface area contributed by atoms with Crippen molar-refractivity contribution in [3.05, 3.63) is 48.0 Å². The van der Waals surface area contributed by atoms with Crippen LogP contribution in [-0.4, -0.2) is 36.5 Å². The molecular formula is C16H21N2OP. The van der Waals surface area contributed by atoms with E-state index in [9.17, 15) is 4.57 Å². The summed E-state index contributed by atoms with van der Waals surface area (Å²) < 4.78 is 17.6. The first-order valence-corrected chi connectivity index (χ1v) is 8.74. The van der Waals surface area contributed by atoms with Crippen molar-refractivity contribution >= 4 is 18.2 Å². The van der Waals surface area contributed by atoms with Gasteiger partial charge in [-0.15, -0.1) is 0 Å². The van der Waals surface area contributed by atoms with Crippen molar-refractivity contribution in [3.63, 3.8) is 0 Å². The number of hydrogen-bond acceptors (Lipinski definition) is 1. The van der Waals surface area contributed by atoms with Gasteiger partial charge in [0, 0.05) is 13.1 Å². The molecule has 0 unspecified atom stereocenters. The highest BCUT2D eigenvalue weighted by Gasteiger charge is 2.43. The van der Waals surface area contributed by atoms with Crippen molar-refractivity contribution in [2.45, 2.75) is 12.6 Å². The van der Waals surface area contributed by atoms with Gasteiger partial charge in [-0.1, -0.05) is 42.5 Å². The van der Waals surface area contributed by atoms with Gasteiger partial charge in [-0.3, -0.25) is 4.57 Å². The molecule has 0 bridgehead atoms. The molecule has 0 spiro atoms. The van der Waals surface area contributed by atoms with Crippen LogP contribution in [-0.2, 0) is 4.57 Å². The lowest BCUT2D eigenvalue weighted by Crippen LogP contribution is -2.17. The second-order valence-electron chi connectivity index (χ2n) is 5.60. The minimum atomic E-state index is -2.50. The highest BCUT2D eigenvalue weighted by atomic mass is 31.2. The molecule has 2 aromatic carbocycles. The Kier molecular flexibility index (Phi) is 3.45. The summed E-state index contributed by atoms with van der Waals surface area (Å²) in [6.07, 6.45) is 0. The summed E-state index contributed by atoms with van der Waals surface area (Å²) in [4.78, 5) is 0. The molecule has 0 N–H and O–H groups in total. The van der Waals surface area contributed by atoms with Crippen LogP contribution < -0.4 is 0 Å². The molecule has 0 radical (unpaired) electrons. The Morgan fingerprint density at radius 2 is 1.60 bits per heavy atom. The number of hydrogen-bond donors (Lipinski definition) is 0. The molecule has 1 fully saturated rings. The van der Waals surface area contributed by atoms with Crippen molar-refractivity contribution in [1.29, 1.82) is 0 Å². The zero-order valence-corrected chi connectivity index (χ0v) is 13.2. The van der Waals surface area contributed by atoms with Crippen LogP contribution >= 0.6 is 7.44 Å². The van der Waals surface area contributed by atoms with Gasteiger partial charge in [0.1, 0.15) is 0 Å². The van der Waals surface area contributed by atoms with E-state index in [0.717, 1.165) is 13.1 Å². The first-order chi connectivity index (χ1) is 9.55. The second kappa shape index (κ2) is 5.00. The summed E-state index contributed by atoms with van der Waals surface area (Å²) in [5.41, 5.74) is 1.21. The quantitative estimate of drug-likeness (QED) is 0.781. The molecule has 1 aliphatic rings. The van der Waals surface area contributed by atoms with Gasteiger partial charge in [0.15, 0.2) is 0 Å². The van der Waals surface area contributed by atoms with Crippen LogP contribution in [0.1, 0.15) is 18.1 Å². The maximum absolute atomic E-state index is 13.5. The predicted molar refractivity (Wildman–Crippen MR) is 85.2 cm³/mol. The standard InChI is InChI=1S/C16H21N2OP/c1-13(20(19)17(2)11-12-18(20)3)15-10-6-8-14-7-4-5-9-16(14)15/h4-10,13H,11-12H2,1-3H3/t13-/m1/s1. The highest BCUT2D eigenvalue weighted by Crippen LogP contribution is 2.65. The number of rotatable bonds is 2. The van der Waals surface area contributed by atoms with Crippen molar-refractivity contribution in [1.82, 2.24) is 9.34 Å². The maximum atomic E-state index is 13.5. The van der Waals surface area contributed by atoms with Crippen LogP contribution in [0.4, 0.5) is 0 Å². The average molecular weight is 288 g/mol. The van der Waals surface area contributed by atoms with E-state index in [1.165, 1.54) is 16.3 Å². The zero-order chi connectivity index (χ0) is 14.3. The lowest BCUT2D eigenvalue weighted by Gasteiger charge is -2.31. The fourth-order valence-electron chi connectivity index (χ4n) is 3.22.